The van der Waals surface area contributed by atoms with Crippen molar-refractivity contribution in [1.82, 2.24) is 4.40 Å². The molecule has 24 heavy (non-hydrogen) atoms. The van der Waals surface area contributed by atoms with E-state index in [0.717, 1.165) is 22.2 Å². The summed E-state index contributed by atoms with van der Waals surface area (Å²) in [5.41, 5.74) is 4.79. The lowest BCUT2D eigenvalue weighted by Gasteiger charge is -2.07. The van der Waals surface area contributed by atoms with Gasteiger partial charge in [-0.05, 0) is 54.8 Å². The van der Waals surface area contributed by atoms with Gasteiger partial charge in [0.1, 0.15) is 0 Å². The highest BCUT2D eigenvalue weighted by Gasteiger charge is 2.14. The van der Waals surface area contributed by atoms with Crippen LogP contribution in [-0.4, -0.2) is 17.0 Å². The normalized spacial score (nSPS) is 11.0. The average molecular weight is 362 g/mol. The summed E-state index contributed by atoms with van der Waals surface area (Å²) in [6.45, 7) is 4.21. The topological polar surface area (TPSA) is 30.7 Å². The van der Waals surface area contributed by atoms with Gasteiger partial charge in [-0.15, -0.1) is 0 Å². The third-order valence-corrected chi connectivity index (χ3v) is 4.58. The number of hydrogen-bond acceptors (Lipinski definition) is 2. The highest BCUT2D eigenvalue weighted by atomic mass is 35.5. The Hall–Kier alpha value is -1.97. The van der Waals surface area contributed by atoms with E-state index in [1.54, 1.807) is 19.1 Å². The maximum Gasteiger partial charge on any atom is 0.338 e. The molecule has 124 valence electrons. The fraction of sp³-hybridized carbons (Fsp3) is 0.211. The zero-order chi connectivity index (χ0) is 17.3. The molecule has 0 saturated carbocycles. The average Bonchev–Trinajstić information content (AvgIpc) is 2.85. The molecule has 0 aliphatic rings. The van der Waals surface area contributed by atoms with Gasteiger partial charge in [0.25, 0.3) is 0 Å². The third kappa shape index (κ3) is 3.28. The number of aromatic nitrogens is 1. The predicted octanol–water partition coefficient (Wildman–Crippen LogP) is 5.32. The molecule has 0 spiro atoms. The van der Waals surface area contributed by atoms with Crippen molar-refractivity contribution in [1.29, 1.82) is 0 Å². The van der Waals surface area contributed by atoms with E-state index in [2.05, 4.69) is 6.92 Å². The van der Waals surface area contributed by atoms with Crippen LogP contribution >= 0.6 is 23.2 Å². The largest absolute Gasteiger partial charge is 0.462 e. The number of benzene rings is 1. The third-order valence-electron chi connectivity index (χ3n) is 4.00. The Morgan fingerprint density at radius 3 is 2.71 bits per heavy atom. The maximum atomic E-state index is 12.0. The number of rotatable bonds is 4. The van der Waals surface area contributed by atoms with Crippen LogP contribution < -0.4 is 0 Å². The van der Waals surface area contributed by atoms with E-state index in [-0.39, 0.29) is 5.97 Å². The first-order valence-electron chi connectivity index (χ1n) is 7.71. The minimum Gasteiger partial charge on any atom is -0.462 e. The second-order valence-corrected chi connectivity index (χ2v) is 6.48. The highest BCUT2D eigenvalue weighted by molar-refractivity contribution is 6.35. The minimum absolute atomic E-state index is 0.311. The summed E-state index contributed by atoms with van der Waals surface area (Å²) in [6.07, 6.45) is 4.59. The quantitative estimate of drug-likeness (QED) is 0.588. The van der Waals surface area contributed by atoms with Gasteiger partial charge >= 0.3 is 5.97 Å². The Morgan fingerprint density at radius 1 is 1.21 bits per heavy atom. The summed E-state index contributed by atoms with van der Waals surface area (Å²) in [5.74, 6) is -0.311. The van der Waals surface area contributed by atoms with E-state index >= 15 is 0 Å². The zero-order valence-corrected chi connectivity index (χ0v) is 15.0. The molecule has 2 heterocycles. The summed E-state index contributed by atoms with van der Waals surface area (Å²) in [5, 5.41) is 1.26. The molecule has 0 atom stereocenters. The Balaban J connectivity index is 2.04. The number of hydrogen-bond donors (Lipinski definition) is 0. The molecule has 3 nitrogen and oxygen atoms in total. The van der Waals surface area contributed by atoms with Gasteiger partial charge in [-0.25, -0.2) is 4.79 Å². The fourth-order valence-corrected chi connectivity index (χ4v) is 3.26. The first kappa shape index (κ1) is 16.9. The van der Waals surface area contributed by atoms with Crippen molar-refractivity contribution in [2.24, 2.45) is 0 Å². The molecule has 5 heteroatoms. The molecule has 0 bridgehead atoms. The van der Waals surface area contributed by atoms with Gasteiger partial charge in [0.2, 0.25) is 0 Å². The second-order valence-electron chi connectivity index (χ2n) is 5.63. The predicted molar refractivity (Wildman–Crippen MR) is 97.4 cm³/mol. The van der Waals surface area contributed by atoms with Crippen molar-refractivity contribution in [2.75, 3.05) is 6.61 Å². The Bertz CT molecular complexity index is 915. The molecule has 0 unspecified atom stereocenters. The molecule has 2 aromatic heterocycles. The molecule has 0 radical (unpaired) electrons. The number of halogens is 2. The van der Waals surface area contributed by atoms with Crippen LogP contribution in [0.5, 0.6) is 0 Å². The number of ether oxygens (including phenoxy) is 1. The number of nitrogens with zero attached hydrogens (tertiary/aromatic N) is 1. The molecule has 3 aromatic rings. The summed E-state index contributed by atoms with van der Waals surface area (Å²) >= 11 is 12.3. The molecule has 0 fully saturated rings. The van der Waals surface area contributed by atoms with Crippen LogP contribution in [0.3, 0.4) is 0 Å². The summed E-state index contributed by atoms with van der Waals surface area (Å²) in [4.78, 5) is 12.0. The van der Waals surface area contributed by atoms with Gasteiger partial charge in [0, 0.05) is 34.4 Å². The van der Waals surface area contributed by atoms with Crippen LogP contribution in [0.4, 0.5) is 0 Å². The van der Waals surface area contributed by atoms with Gasteiger partial charge in [0.05, 0.1) is 12.2 Å². The Kier molecular flexibility index (Phi) is 4.83. The zero-order valence-electron chi connectivity index (χ0n) is 13.5. The standard InChI is InChI=1S/C19H17Cl2NO2/c1-3-24-19(23)14-6-7-22-11-12(2)16(18(22)9-14)8-13-4-5-15(20)10-17(13)21/h4-7,9-11H,3,8H2,1-2H3. The molecule has 0 aliphatic carbocycles. The lowest BCUT2D eigenvalue weighted by Crippen LogP contribution is -2.05. The Labute approximate surface area is 150 Å². The highest BCUT2D eigenvalue weighted by Crippen LogP contribution is 2.27. The lowest BCUT2D eigenvalue weighted by molar-refractivity contribution is 0.0526. The van der Waals surface area contributed by atoms with Gasteiger partial charge in [-0.2, -0.15) is 0 Å². The van der Waals surface area contributed by atoms with Gasteiger partial charge in [-0.3, -0.25) is 0 Å². The van der Waals surface area contributed by atoms with Crippen LogP contribution in [0, 0.1) is 6.92 Å². The van der Waals surface area contributed by atoms with E-state index in [1.165, 1.54) is 0 Å². The molecule has 0 N–H and O–H groups in total. The van der Waals surface area contributed by atoms with E-state index in [0.29, 0.717) is 28.6 Å². The molecule has 3 rings (SSSR count). The van der Waals surface area contributed by atoms with E-state index in [9.17, 15) is 4.79 Å². The van der Waals surface area contributed by atoms with Crippen molar-refractivity contribution >= 4 is 34.7 Å². The first-order valence-corrected chi connectivity index (χ1v) is 8.46. The van der Waals surface area contributed by atoms with Gasteiger partial charge < -0.3 is 9.14 Å². The van der Waals surface area contributed by atoms with Crippen LogP contribution in [0.1, 0.15) is 34.0 Å². The Morgan fingerprint density at radius 2 is 2.00 bits per heavy atom. The monoisotopic (exact) mass is 361 g/mol. The van der Waals surface area contributed by atoms with E-state index in [1.807, 2.05) is 35.0 Å². The van der Waals surface area contributed by atoms with Crippen LogP contribution in [-0.2, 0) is 11.2 Å². The second kappa shape index (κ2) is 6.88. The summed E-state index contributed by atoms with van der Waals surface area (Å²) in [6, 6.07) is 9.15. The first-order chi connectivity index (χ1) is 11.5. The summed E-state index contributed by atoms with van der Waals surface area (Å²) in [7, 11) is 0. The number of carbonyl (C=O) groups is 1. The van der Waals surface area contributed by atoms with Gasteiger partial charge in [0.15, 0.2) is 0 Å². The molecular formula is C19H17Cl2NO2. The van der Waals surface area contributed by atoms with Crippen molar-refractivity contribution in [3.63, 3.8) is 0 Å². The van der Waals surface area contributed by atoms with Crippen LogP contribution in [0.25, 0.3) is 5.52 Å². The lowest BCUT2D eigenvalue weighted by atomic mass is 10.0. The number of esters is 1. The summed E-state index contributed by atoms with van der Waals surface area (Å²) < 4.78 is 7.10. The molecule has 0 aliphatic heterocycles. The van der Waals surface area contributed by atoms with Gasteiger partial charge in [-0.1, -0.05) is 29.3 Å². The van der Waals surface area contributed by atoms with E-state index in [4.69, 9.17) is 27.9 Å². The molecule has 0 saturated heterocycles. The van der Waals surface area contributed by atoms with Crippen molar-refractivity contribution in [2.45, 2.75) is 20.3 Å². The molecule has 0 amide bonds. The molecular weight excluding hydrogens is 345 g/mol. The number of carbonyl (C=O) groups excluding carboxylic acids is 1. The fourth-order valence-electron chi connectivity index (χ4n) is 2.78. The molecule has 1 aromatic carbocycles. The van der Waals surface area contributed by atoms with Crippen LogP contribution in [0.15, 0.2) is 42.7 Å². The smallest absolute Gasteiger partial charge is 0.338 e. The maximum absolute atomic E-state index is 12.0. The van der Waals surface area contributed by atoms with Crippen LogP contribution in [0.2, 0.25) is 10.0 Å². The number of fused-ring (bicyclic) bond motifs is 1. The van der Waals surface area contributed by atoms with Crippen molar-refractivity contribution < 1.29 is 9.53 Å². The number of pyridine rings is 1. The van der Waals surface area contributed by atoms with Crippen molar-refractivity contribution in [3.8, 4) is 0 Å². The van der Waals surface area contributed by atoms with E-state index < -0.39 is 0 Å². The SMILES string of the molecule is CCOC(=O)c1ccn2cc(C)c(Cc3ccc(Cl)cc3Cl)c2c1. The van der Waals surface area contributed by atoms with Crippen molar-refractivity contribution in [3.05, 3.63) is 75.0 Å². The minimum atomic E-state index is -0.311. The number of aryl methyl sites for hydroxylation is 1.